The lowest BCUT2D eigenvalue weighted by molar-refractivity contribution is -0.167. The number of carbonyl (C=O) groups is 1. The molecule has 0 unspecified atom stereocenters. The number of ether oxygens (including phenoxy) is 2. The summed E-state index contributed by atoms with van der Waals surface area (Å²) in [5.74, 6) is -0.656. The number of carbonyl (C=O) groups excluding carboxylic acids is 1. The Bertz CT molecular complexity index is 435. The van der Waals surface area contributed by atoms with Gasteiger partial charge < -0.3 is 14.8 Å². The molecule has 0 atom stereocenters. The molecule has 23 heavy (non-hydrogen) atoms. The number of halogens is 3. The lowest BCUT2D eigenvalue weighted by Gasteiger charge is -2.11. The molecule has 1 N–H and O–H groups in total. The van der Waals surface area contributed by atoms with E-state index in [0.29, 0.717) is 0 Å². The molecule has 0 bridgehead atoms. The summed E-state index contributed by atoms with van der Waals surface area (Å²) >= 11 is 0. The highest BCUT2D eigenvalue weighted by Crippen LogP contribution is 2.27. The van der Waals surface area contributed by atoms with Crippen molar-refractivity contribution in [1.82, 2.24) is 0 Å². The largest absolute Gasteiger partial charge is 0.497 e. The summed E-state index contributed by atoms with van der Waals surface area (Å²) in [6.07, 6.45) is -4.93. The van der Waals surface area contributed by atoms with Crippen molar-refractivity contribution in [1.29, 1.82) is 0 Å². The average Bonchev–Trinajstić information content (AvgIpc) is 2.47. The van der Waals surface area contributed by atoms with E-state index in [0.717, 1.165) is 5.92 Å². The highest BCUT2D eigenvalue weighted by Gasteiger charge is 2.38. The van der Waals surface area contributed by atoms with Crippen LogP contribution >= 0.6 is 0 Å². The van der Waals surface area contributed by atoms with Crippen molar-refractivity contribution in [2.75, 3.05) is 19.5 Å². The van der Waals surface area contributed by atoms with Crippen LogP contribution in [0, 0.1) is 5.92 Å². The average molecular weight is 337 g/mol. The van der Waals surface area contributed by atoms with E-state index >= 15 is 0 Å². The quantitative estimate of drug-likeness (QED) is 0.854. The smallest absolute Gasteiger partial charge is 0.471 e. The molecule has 1 aromatic carbocycles. The number of hydrogen-bond acceptors (Lipinski definition) is 3. The van der Waals surface area contributed by atoms with Crippen LogP contribution in [0.5, 0.6) is 11.5 Å². The topological polar surface area (TPSA) is 47.6 Å². The van der Waals surface area contributed by atoms with Crippen LogP contribution in [0.1, 0.15) is 34.6 Å². The van der Waals surface area contributed by atoms with Crippen molar-refractivity contribution in [2.45, 2.75) is 40.8 Å². The molecule has 1 aromatic rings. The van der Waals surface area contributed by atoms with Gasteiger partial charge in [0.1, 0.15) is 11.5 Å². The van der Waals surface area contributed by atoms with Crippen LogP contribution in [0.15, 0.2) is 18.2 Å². The van der Waals surface area contributed by atoms with Crippen molar-refractivity contribution in [3.05, 3.63) is 18.2 Å². The first kappa shape index (κ1) is 23.3. The molecule has 4 nitrogen and oxygen atoms in total. The van der Waals surface area contributed by atoms with Gasteiger partial charge >= 0.3 is 12.1 Å². The number of benzene rings is 1. The summed E-state index contributed by atoms with van der Waals surface area (Å²) in [4.78, 5) is 10.7. The van der Waals surface area contributed by atoms with E-state index < -0.39 is 12.1 Å². The van der Waals surface area contributed by atoms with Crippen LogP contribution in [-0.4, -0.2) is 26.3 Å². The van der Waals surface area contributed by atoms with Gasteiger partial charge in [0, 0.05) is 23.9 Å². The molecule has 0 saturated carbocycles. The molecule has 0 heterocycles. The van der Waals surface area contributed by atoms with Gasteiger partial charge in [-0.2, -0.15) is 13.2 Å². The number of nitrogens with one attached hydrogen (secondary N) is 1. The first-order valence-corrected chi connectivity index (χ1v) is 7.21. The maximum Gasteiger partial charge on any atom is 0.471 e. The van der Waals surface area contributed by atoms with Gasteiger partial charge in [-0.25, -0.2) is 0 Å². The zero-order valence-electron chi connectivity index (χ0n) is 14.7. The molecule has 0 spiro atoms. The normalized spacial score (nSPS) is 9.87. The van der Waals surface area contributed by atoms with Crippen LogP contribution in [0.4, 0.5) is 18.9 Å². The van der Waals surface area contributed by atoms with E-state index in [2.05, 4.69) is 20.8 Å². The van der Waals surface area contributed by atoms with Gasteiger partial charge in [-0.05, 0) is 5.92 Å². The maximum atomic E-state index is 12.0. The molecular formula is C16H26F3NO3. The van der Waals surface area contributed by atoms with Gasteiger partial charge in [-0.15, -0.1) is 0 Å². The predicted molar refractivity (Wildman–Crippen MR) is 86.1 cm³/mol. The first-order valence-electron chi connectivity index (χ1n) is 7.21. The minimum absolute atomic E-state index is 0.0523. The van der Waals surface area contributed by atoms with Crippen molar-refractivity contribution in [2.24, 2.45) is 5.92 Å². The Morgan fingerprint density at radius 2 is 1.35 bits per heavy atom. The lowest BCUT2D eigenvalue weighted by atomic mass is 10.2. The van der Waals surface area contributed by atoms with Gasteiger partial charge in [0.2, 0.25) is 0 Å². The number of rotatable bonds is 3. The van der Waals surface area contributed by atoms with E-state index in [-0.39, 0.29) is 17.2 Å². The SMILES string of the molecule is CC.CC(C)C.COc1cc(NC(=O)C(F)(F)F)cc(OC)c1. The summed E-state index contributed by atoms with van der Waals surface area (Å²) < 4.78 is 45.8. The van der Waals surface area contributed by atoms with Crippen LogP contribution in [0.25, 0.3) is 0 Å². The Hall–Kier alpha value is -1.92. The number of hydrogen-bond donors (Lipinski definition) is 1. The minimum atomic E-state index is -4.93. The maximum absolute atomic E-state index is 12.0. The Balaban J connectivity index is 0. The van der Waals surface area contributed by atoms with Crippen LogP contribution in [0.2, 0.25) is 0 Å². The van der Waals surface area contributed by atoms with Crippen molar-refractivity contribution in [3.8, 4) is 11.5 Å². The van der Waals surface area contributed by atoms with E-state index in [4.69, 9.17) is 9.47 Å². The molecular weight excluding hydrogens is 311 g/mol. The Kier molecular flexibility index (Phi) is 11.8. The fourth-order valence-electron chi connectivity index (χ4n) is 1.08. The molecule has 0 saturated heterocycles. The van der Waals surface area contributed by atoms with Gasteiger partial charge in [-0.1, -0.05) is 34.6 Å². The molecule has 0 fully saturated rings. The molecule has 0 aliphatic rings. The monoisotopic (exact) mass is 337 g/mol. The second-order valence-corrected chi connectivity index (χ2v) is 4.79. The number of amides is 1. The molecule has 1 amide bonds. The molecule has 1 rings (SSSR count). The number of methoxy groups -OCH3 is 2. The summed E-state index contributed by atoms with van der Waals surface area (Å²) in [6.45, 7) is 10.5. The number of anilines is 1. The molecule has 0 aromatic heterocycles. The van der Waals surface area contributed by atoms with Crippen molar-refractivity contribution in [3.63, 3.8) is 0 Å². The molecule has 0 aliphatic carbocycles. The molecule has 7 heteroatoms. The Morgan fingerprint density at radius 1 is 1.00 bits per heavy atom. The lowest BCUT2D eigenvalue weighted by Crippen LogP contribution is -2.29. The Morgan fingerprint density at radius 3 is 1.61 bits per heavy atom. The second kappa shape index (κ2) is 11.6. The number of alkyl halides is 3. The van der Waals surface area contributed by atoms with Gasteiger partial charge in [0.15, 0.2) is 0 Å². The minimum Gasteiger partial charge on any atom is -0.497 e. The third kappa shape index (κ3) is 11.3. The highest BCUT2D eigenvalue weighted by atomic mass is 19.4. The standard InChI is InChI=1S/C10H10F3NO3.C4H10.C2H6/c1-16-7-3-6(4-8(5-7)17-2)14-9(15)10(11,12)13;1-4(2)3;1-2/h3-5H,1-2H3,(H,14,15);4H,1-3H3;1-2H3. The van der Waals surface area contributed by atoms with Crippen LogP contribution < -0.4 is 14.8 Å². The van der Waals surface area contributed by atoms with Crippen molar-refractivity contribution < 1.29 is 27.4 Å². The summed E-state index contributed by atoms with van der Waals surface area (Å²) in [7, 11) is 2.70. The van der Waals surface area contributed by atoms with Gasteiger partial charge in [0.05, 0.1) is 14.2 Å². The summed E-state index contributed by atoms with van der Waals surface area (Å²) in [5.41, 5.74) is -0.0523. The van der Waals surface area contributed by atoms with Crippen LogP contribution in [0.3, 0.4) is 0 Å². The van der Waals surface area contributed by atoms with Crippen LogP contribution in [-0.2, 0) is 4.79 Å². The predicted octanol–water partition coefficient (Wildman–Crippen LogP) is 4.89. The summed E-state index contributed by atoms with van der Waals surface area (Å²) in [5, 5.41) is 1.71. The van der Waals surface area contributed by atoms with Gasteiger partial charge in [-0.3, -0.25) is 4.79 Å². The van der Waals surface area contributed by atoms with Gasteiger partial charge in [0.25, 0.3) is 0 Å². The Labute approximate surface area is 136 Å². The van der Waals surface area contributed by atoms with E-state index in [1.807, 2.05) is 13.8 Å². The fraction of sp³-hybridized carbons (Fsp3) is 0.562. The van der Waals surface area contributed by atoms with Crippen molar-refractivity contribution >= 4 is 11.6 Å². The zero-order valence-corrected chi connectivity index (χ0v) is 14.7. The first-order chi connectivity index (χ1) is 10.6. The van der Waals surface area contributed by atoms with E-state index in [1.54, 1.807) is 5.32 Å². The van der Waals surface area contributed by atoms with E-state index in [9.17, 15) is 18.0 Å². The second-order valence-electron chi connectivity index (χ2n) is 4.79. The molecule has 0 radical (unpaired) electrons. The zero-order chi connectivity index (χ0) is 18.6. The van der Waals surface area contributed by atoms with E-state index in [1.165, 1.54) is 32.4 Å². The highest BCUT2D eigenvalue weighted by molar-refractivity contribution is 5.95. The third-order valence-electron chi connectivity index (χ3n) is 1.87. The third-order valence-corrected chi connectivity index (χ3v) is 1.87. The summed E-state index contributed by atoms with van der Waals surface area (Å²) in [6, 6.07) is 3.99. The fourth-order valence-corrected chi connectivity index (χ4v) is 1.08. The molecule has 0 aliphatic heterocycles. The molecule has 134 valence electrons.